The van der Waals surface area contributed by atoms with E-state index in [4.69, 9.17) is 0 Å². The number of carbonyl (C=O) groups excluding carboxylic acids is 1. The third kappa shape index (κ3) is 4.22. The van der Waals surface area contributed by atoms with Crippen LogP contribution in [0.25, 0.3) is 11.0 Å². The summed E-state index contributed by atoms with van der Waals surface area (Å²) in [5.41, 5.74) is 1.64. The van der Waals surface area contributed by atoms with Crippen LogP contribution >= 0.6 is 0 Å². The van der Waals surface area contributed by atoms with Crippen molar-refractivity contribution in [2.24, 2.45) is 0 Å². The molecular weight excluding hydrogens is 366 g/mol. The predicted molar refractivity (Wildman–Crippen MR) is 102 cm³/mol. The first kappa shape index (κ1) is 18.8. The second kappa shape index (κ2) is 7.32. The number of nitrogens with one attached hydrogen (secondary N) is 1. The lowest BCUT2D eigenvalue weighted by Gasteiger charge is -2.16. The van der Waals surface area contributed by atoms with Crippen molar-refractivity contribution in [3.05, 3.63) is 70.6 Å². The molecule has 0 bridgehead atoms. The van der Waals surface area contributed by atoms with E-state index in [0.717, 1.165) is 11.8 Å². The van der Waals surface area contributed by atoms with Gasteiger partial charge in [0, 0.05) is 6.26 Å². The number of hydrogen-bond donors (Lipinski definition) is 1. The maximum absolute atomic E-state index is 12.4. The first-order valence-corrected chi connectivity index (χ1v) is 10.2. The third-order valence-corrected chi connectivity index (χ3v) is 5.37. The summed E-state index contributed by atoms with van der Waals surface area (Å²) in [4.78, 5) is 28.8. The van der Waals surface area contributed by atoms with Crippen molar-refractivity contribution in [2.45, 2.75) is 24.4 Å². The number of rotatable bonds is 5. The summed E-state index contributed by atoms with van der Waals surface area (Å²) in [6.45, 7) is 1.66. The van der Waals surface area contributed by atoms with Gasteiger partial charge in [0.15, 0.2) is 9.84 Å². The molecular formula is C19H19N3O4S. The van der Waals surface area contributed by atoms with Crippen LogP contribution in [0.5, 0.6) is 0 Å². The fraction of sp³-hybridized carbons (Fsp3) is 0.211. The Labute approximate surface area is 156 Å². The van der Waals surface area contributed by atoms with Gasteiger partial charge in [0.2, 0.25) is 5.91 Å². The summed E-state index contributed by atoms with van der Waals surface area (Å²) < 4.78 is 24.4. The minimum atomic E-state index is -3.27. The van der Waals surface area contributed by atoms with Crippen LogP contribution in [0.15, 0.2) is 64.4 Å². The van der Waals surface area contributed by atoms with Gasteiger partial charge < -0.3 is 5.32 Å². The van der Waals surface area contributed by atoms with E-state index in [9.17, 15) is 18.0 Å². The Hall–Kier alpha value is -3.00. The number of fused-ring (bicyclic) bond motifs is 1. The number of sulfone groups is 1. The number of aromatic nitrogens is 2. The highest BCUT2D eigenvalue weighted by Gasteiger charge is 2.14. The van der Waals surface area contributed by atoms with Gasteiger partial charge in [-0.05, 0) is 36.8 Å². The molecule has 1 unspecified atom stereocenters. The molecule has 2 aromatic carbocycles. The molecule has 1 heterocycles. The van der Waals surface area contributed by atoms with Crippen molar-refractivity contribution in [2.75, 3.05) is 6.26 Å². The van der Waals surface area contributed by atoms with E-state index >= 15 is 0 Å². The van der Waals surface area contributed by atoms with Crippen LogP contribution in [0.1, 0.15) is 18.5 Å². The number of para-hydroxylation sites is 2. The SMILES string of the molecule is CC(NC(=O)Cn1c(=O)cnc2ccccc21)c1ccc(S(C)(=O)=O)cc1. The number of hydrogen-bond acceptors (Lipinski definition) is 5. The Morgan fingerprint density at radius 3 is 2.48 bits per heavy atom. The quantitative estimate of drug-likeness (QED) is 0.720. The zero-order chi connectivity index (χ0) is 19.6. The molecule has 0 radical (unpaired) electrons. The summed E-state index contributed by atoms with van der Waals surface area (Å²) in [5, 5.41) is 2.83. The lowest BCUT2D eigenvalue weighted by molar-refractivity contribution is -0.122. The normalized spacial score (nSPS) is 12.7. The van der Waals surface area contributed by atoms with Gasteiger partial charge in [0.25, 0.3) is 5.56 Å². The summed E-state index contributed by atoms with van der Waals surface area (Å²) in [7, 11) is -3.27. The van der Waals surface area contributed by atoms with Crippen LogP contribution in [0, 0.1) is 0 Å². The number of carbonyl (C=O) groups is 1. The first-order chi connectivity index (χ1) is 12.8. The number of amides is 1. The minimum Gasteiger partial charge on any atom is -0.348 e. The minimum absolute atomic E-state index is 0.131. The topological polar surface area (TPSA) is 98.1 Å². The Morgan fingerprint density at radius 1 is 1.15 bits per heavy atom. The molecule has 0 aliphatic heterocycles. The van der Waals surface area contributed by atoms with Crippen molar-refractivity contribution < 1.29 is 13.2 Å². The van der Waals surface area contributed by atoms with Crippen molar-refractivity contribution in [3.63, 3.8) is 0 Å². The molecule has 0 aliphatic rings. The van der Waals surface area contributed by atoms with Gasteiger partial charge in [0.05, 0.1) is 28.2 Å². The molecule has 3 aromatic rings. The number of benzene rings is 2. The zero-order valence-electron chi connectivity index (χ0n) is 14.9. The summed E-state index contributed by atoms with van der Waals surface area (Å²) in [5.74, 6) is -0.326. The van der Waals surface area contributed by atoms with Crippen LogP contribution in [-0.4, -0.2) is 30.1 Å². The summed E-state index contributed by atoms with van der Waals surface area (Å²) >= 11 is 0. The fourth-order valence-corrected chi connectivity index (χ4v) is 3.43. The molecule has 8 heteroatoms. The highest BCUT2D eigenvalue weighted by molar-refractivity contribution is 7.90. The lowest BCUT2D eigenvalue weighted by atomic mass is 10.1. The molecule has 0 saturated carbocycles. The van der Waals surface area contributed by atoms with Gasteiger partial charge in [-0.1, -0.05) is 24.3 Å². The van der Waals surface area contributed by atoms with E-state index in [1.165, 1.54) is 22.9 Å². The standard InChI is InChI=1S/C19H19N3O4S/c1-13(14-7-9-15(10-8-14)27(2,25)26)21-18(23)12-22-17-6-4-3-5-16(17)20-11-19(22)24/h3-11,13H,12H2,1-2H3,(H,21,23). The smallest absolute Gasteiger partial charge is 0.269 e. The van der Waals surface area contributed by atoms with E-state index in [-0.39, 0.29) is 28.9 Å². The Balaban J connectivity index is 1.76. The predicted octanol–water partition coefficient (Wildman–Crippen LogP) is 1.68. The summed E-state index contributed by atoms with van der Waals surface area (Å²) in [6.07, 6.45) is 2.34. The molecule has 1 N–H and O–H groups in total. The van der Waals surface area contributed by atoms with Crippen LogP contribution < -0.4 is 10.9 Å². The highest BCUT2D eigenvalue weighted by Crippen LogP contribution is 2.16. The first-order valence-electron chi connectivity index (χ1n) is 8.29. The van der Waals surface area contributed by atoms with E-state index < -0.39 is 9.84 Å². The second-order valence-corrected chi connectivity index (χ2v) is 8.32. The molecule has 3 rings (SSSR count). The van der Waals surface area contributed by atoms with Crippen molar-refractivity contribution in [3.8, 4) is 0 Å². The second-order valence-electron chi connectivity index (χ2n) is 6.30. The van der Waals surface area contributed by atoms with Crippen LogP contribution in [-0.2, 0) is 21.2 Å². The molecule has 1 amide bonds. The van der Waals surface area contributed by atoms with Gasteiger partial charge in [-0.3, -0.25) is 14.2 Å². The van der Waals surface area contributed by atoms with Gasteiger partial charge in [-0.2, -0.15) is 0 Å². The van der Waals surface area contributed by atoms with Crippen molar-refractivity contribution in [1.82, 2.24) is 14.9 Å². The van der Waals surface area contributed by atoms with Crippen molar-refractivity contribution in [1.29, 1.82) is 0 Å². The average Bonchev–Trinajstić information content (AvgIpc) is 2.63. The Morgan fingerprint density at radius 2 is 1.81 bits per heavy atom. The molecule has 1 aromatic heterocycles. The molecule has 1 atom stereocenters. The van der Waals surface area contributed by atoms with Crippen LogP contribution in [0.3, 0.4) is 0 Å². The summed E-state index contributed by atoms with van der Waals surface area (Å²) in [6, 6.07) is 13.1. The Bertz CT molecular complexity index is 1150. The largest absolute Gasteiger partial charge is 0.348 e. The Kier molecular flexibility index (Phi) is 5.09. The molecule has 0 fully saturated rings. The van der Waals surface area contributed by atoms with E-state index in [2.05, 4.69) is 10.3 Å². The molecule has 0 spiro atoms. The maximum atomic E-state index is 12.4. The third-order valence-electron chi connectivity index (χ3n) is 4.24. The van der Waals surface area contributed by atoms with Crippen LogP contribution in [0.2, 0.25) is 0 Å². The molecule has 0 saturated heterocycles. The van der Waals surface area contributed by atoms with Gasteiger partial charge >= 0.3 is 0 Å². The van der Waals surface area contributed by atoms with E-state index in [0.29, 0.717) is 11.0 Å². The van der Waals surface area contributed by atoms with Gasteiger partial charge in [-0.25, -0.2) is 13.4 Å². The lowest BCUT2D eigenvalue weighted by Crippen LogP contribution is -2.34. The number of nitrogens with zero attached hydrogens (tertiary/aromatic N) is 2. The molecule has 0 aliphatic carbocycles. The van der Waals surface area contributed by atoms with Crippen molar-refractivity contribution >= 4 is 26.8 Å². The fourth-order valence-electron chi connectivity index (χ4n) is 2.80. The zero-order valence-corrected chi connectivity index (χ0v) is 15.7. The van der Waals surface area contributed by atoms with E-state index in [1.807, 2.05) is 6.07 Å². The average molecular weight is 385 g/mol. The van der Waals surface area contributed by atoms with Crippen LogP contribution in [0.4, 0.5) is 0 Å². The van der Waals surface area contributed by atoms with E-state index in [1.54, 1.807) is 37.3 Å². The van der Waals surface area contributed by atoms with Gasteiger partial charge in [-0.15, -0.1) is 0 Å². The monoisotopic (exact) mass is 385 g/mol. The molecule has 140 valence electrons. The van der Waals surface area contributed by atoms with Gasteiger partial charge in [0.1, 0.15) is 6.54 Å². The maximum Gasteiger partial charge on any atom is 0.269 e. The highest BCUT2D eigenvalue weighted by atomic mass is 32.2. The molecule has 27 heavy (non-hydrogen) atoms. The molecule has 7 nitrogen and oxygen atoms in total.